The minimum Gasteiger partial charge on any atom is -0.462 e. The second-order valence-electron chi connectivity index (χ2n) is 7.74. The molecule has 0 aliphatic carbocycles. The van der Waals surface area contributed by atoms with Gasteiger partial charge in [0.1, 0.15) is 6.33 Å². The lowest BCUT2D eigenvalue weighted by molar-refractivity contribution is -0.383. The van der Waals surface area contributed by atoms with Gasteiger partial charge in [-0.2, -0.15) is 0 Å². The van der Waals surface area contributed by atoms with Crippen molar-refractivity contribution in [3.05, 3.63) is 46.3 Å². The van der Waals surface area contributed by atoms with E-state index in [9.17, 15) is 14.9 Å². The summed E-state index contributed by atoms with van der Waals surface area (Å²) in [5.41, 5.74) is 0.426. The van der Waals surface area contributed by atoms with Crippen molar-refractivity contribution in [2.45, 2.75) is 34.6 Å². The van der Waals surface area contributed by atoms with Crippen LogP contribution in [0.5, 0.6) is 0 Å². The van der Waals surface area contributed by atoms with E-state index < -0.39 is 10.9 Å². The standard InChI is InChI=1S/C21H29N5O4/c1-6-30-21(27)16-9-7-8-10-17(16)24-19-18(26(28)29)20(23-13-22-19)25(11-14(2)3)12-15(4)5/h7-10,13-15H,6,11-12H2,1-5H3,(H,22,23,24). The zero-order valence-electron chi connectivity index (χ0n) is 18.1. The first-order valence-electron chi connectivity index (χ1n) is 10.0. The largest absolute Gasteiger partial charge is 0.462 e. The molecule has 1 aromatic heterocycles. The van der Waals surface area contributed by atoms with Crippen LogP contribution in [0.1, 0.15) is 45.0 Å². The van der Waals surface area contributed by atoms with Crippen molar-refractivity contribution in [1.82, 2.24) is 9.97 Å². The molecule has 0 atom stereocenters. The van der Waals surface area contributed by atoms with E-state index >= 15 is 0 Å². The molecule has 2 rings (SSSR count). The Morgan fingerprint density at radius 2 is 1.80 bits per heavy atom. The predicted molar refractivity (Wildman–Crippen MR) is 116 cm³/mol. The van der Waals surface area contributed by atoms with Crippen LogP contribution in [-0.4, -0.2) is 40.6 Å². The van der Waals surface area contributed by atoms with Crippen LogP contribution in [0.2, 0.25) is 0 Å². The Hall–Kier alpha value is -3.23. The highest BCUT2D eigenvalue weighted by molar-refractivity contribution is 5.96. The monoisotopic (exact) mass is 415 g/mol. The highest BCUT2D eigenvalue weighted by Gasteiger charge is 2.28. The molecule has 0 aliphatic rings. The molecule has 0 spiro atoms. The van der Waals surface area contributed by atoms with E-state index in [1.807, 2.05) is 4.90 Å². The Labute approximate surface area is 176 Å². The number of para-hydroxylation sites is 1. The number of rotatable bonds is 10. The molecule has 1 aromatic carbocycles. The molecule has 162 valence electrons. The maximum Gasteiger partial charge on any atom is 0.353 e. The zero-order valence-corrected chi connectivity index (χ0v) is 18.1. The minimum absolute atomic E-state index is 0.0271. The lowest BCUT2D eigenvalue weighted by Crippen LogP contribution is -2.32. The number of hydrogen-bond donors (Lipinski definition) is 1. The average molecular weight is 415 g/mol. The number of anilines is 3. The predicted octanol–water partition coefficient (Wildman–Crippen LogP) is 4.42. The fourth-order valence-corrected chi connectivity index (χ4v) is 3.10. The van der Waals surface area contributed by atoms with Crippen LogP contribution in [0.4, 0.5) is 23.0 Å². The summed E-state index contributed by atoms with van der Waals surface area (Å²) in [4.78, 5) is 34.0. The van der Waals surface area contributed by atoms with Crippen molar-refractivity contribution in [3.63, 3.8) is 0 Å². The molecule has 30 heavy (non-hydrogen) atoms. The van der Waals surface area contributed by atoms with Gasteiger partial charge in [0.2, 0.25) is 11.6 Å². The van der Waals surface area contributed by atoms with Crippen molar-refractivity contribution >= 4 is 29.0 Å². The highest BCUT2D eigenvalue weighted by atomic mass is 16.6. The van der Waals surface area contributed by atoms with Crippen LogP contribution < -0.4 is 10.2 Å². The molecule has 0 fully saturated rings. The molecular weight excluding hydrogens is 386 g/mol. The number of nitro groups is 1. The second kappa shape index (κ2) is 10.5. The Bertz CT molecular complexity index is 875. The minimum atomic E-state index is -0.515. The van der Waals surface area contributed by atoms with Gasteiger partial charge in [0.15, 0.2) is 0 Å². The fourth-order valence-electron chi connectivity index (χ4n) is 3.10. The molecule has 0 aliphatic heterocycles. The molecule has 1 N–H and O–H groups in total. The summed E-state index contributed by atoms with van der Waals surface area (Å²) in [6.07, 6.45) is 1.30. The van der Waals surface area contributed by atoms with E-state index in [2.05, 4.69) is 43.0 Å². The first-order valence-corrected chi connectivity index (χ1v) is 10.0. The summed E-state index contributed by atoms with van der Waals surface area (Å²) < 4.78 is 5.08. The van der Waals surface area contributed by atoms with E-state index in [0.717, 1.165) is 0 Å². The Kier molecular flexibility index (Phi) is 8.08. The van der Waals surface area contributed by atoms with Crippen LogP contribution >= 0.6 is 0 Å². The number of nitrogens with one attached hydrogen (secondary N) is 1. The van der Waals surface area contributed by atoms with Crippen LogP contribution in [0, 0.1) is 22.0 Å². The third-order valence-electron chi connectivity index (χ3n) is 4.13. The van der Waals surface area contributed by atoms with Crippen molar-refractivity contribution in [2.24, 2.45) is 11.8 Å². The number of nitrogens with zero attached hydrogens (tertiary/aromatic N) is 4. The summed E-state index contributed by atoms with van der Waals surface area (Å²) in [5, 5.41) is 14.9. The third kappa shape index (κ3) is 5.88. The van der Waals surface area contributed by atoms with E-state index in [4.69, 9.17) is 4.74 Å². The second-order valence-corrected chi connectivity index (χ2v) is 7.74. The van der Waals surface area contributed by atoms with Gasteiger partial charge < -0.3 is 15.0 Å². The summed E-state index contributed by atoms with van der Waals surface area (Å²) in [7, 11) is 0. The third-order valence-corrected chi connectivity index (χ3v) is 4.13. The number of carbonyl (C=O) groups is 1. The molecule has 1 heterocycles. The van der Waals surface area contributed by atoms with Gasteiger partial charge >= 0.3 is 11.7 Å². The molecule has 9 heteroatoms. The van der Waals surface area contributed by atoms with Crippen LogP contribution in [0.25, 0.3) is 0 Å². The van der Waals surface area contributed by atoms with E-state index in [1.165, 1.54) is 6.33 Å². The van der Waals surface area contributed by atoms with Gasteiger partial charge in [-0.1, -0.05) is 39.8 Å². The van der Waals surface area contributed by atoms with E-state index in [0.29, 0.717) is 30.6 Å². The van der Waals surface area contributed by atoms with Gasteiger partial charge in [-0.25, -0.2) is 14.8 Å². The van der Waals surface area contributed by atoms with Crippen molar-refractivity contribution < 1.29 is 14.5 Å². The Balaban J connectivity index is 2.52. The van der Waals surface area contributed by atoms with Crippen molar-refractivity contribution in [2.75, 3.05) is 29.9 Å². The highest BCUT2D eigenvalue weighted by Crippen LogP contribution is 2.35. The summed E-state index contributed by atoms with van der Waals surface area (Å²) in [5.74, 6) is 0.352. The number of benzene rings is 1. The van der Waals surface area contributed by atoms with Gasteiger partial charge in [0.25, 0.3) is 0 Å². The van der Waals surface area contributed by atoms with Gasteiger partial charge in [0.05, 0.1) is 22.8 Å². The molecular formula is C21H29N5O4. The van der Waals surface area contributed by atoms with E-state index in [1.54, 1.807) is 31.2 Å². The Morgan fingerprint density at radius 1 is 1.17 bits per heavy atom. The zero-order chi connectivity index (χ0) is 22.3. The molecule has 2 aromatic rings. The average Bonchev–Trinajstić information content (AvgIpc) is 2.67. The number of esters is 1. The van der Waals surface area contributed by atoms with Crippen LogP contribution in [0.3, 0.4) is 0 Å². The summed E-state index contributed by atoms with van der Waals surface area (Å²) >= 11 is 0. The van der Waals surface area contributed by atoms with Gasteiger partial charge in [-0.15, -0.1) is 0 Å². The molecule has 0 saturated heterocycles. The van der Waals surface area contributed by atoms with Crippen molar-refractivity contribution in [3.8, 4) is 0 Å². The maximum atomic E-state index is 12.3. The molecule has 0 radical (unpaired) electrons. The number of aromatic nitrogens is 2. The first-order chi connectivity index (χ1) is 14.2. The maximum absolute atomic E-state index is 12.3. The van der Waals surface area contributed by atoms with Gasteiger partial charge in [0, 0.05) is 13.1 Å². The number of hydrogen-bond acceptors (Lipinski definition) is 8. The van der Waals surface area contributed by atoms with Crippen LogP contribution in [-0.2, 0) is 4.74 Å². The molecule has 9 nitrogen and oxygen atoms in total. The SMILES string of the molecule is CCOC(=O)c1ccccc1Nc1ncnc(N(CC(C)C)CC(C)C)c1[N+](=O)[O-]. The normalized spacial score (nSPS) is 10.9. The fraction of sp³-hybridized carbons (Fsp3) is 0.476. The van der Waals surface area contributed by atoms with Crippen molar-refractivity contribution in [1.29, 1.82) is 0 Å². The summed E-state index contributed by atoms with van der Waals surface area (Å²) in [6, 6.07) is 6.67. The molecule has 0 saturated carbocycles. The summed E-state index contributed by atoms with van der Waals surface area (Å²) in [6.45, 7) is 11.4. The van der Waals surface area contributed by atoms with Gasteiger partial charge in [-0.05, 0) is 30.9 Å². The quantitative estimate of drug-likeness (QED) is 0.345. The Morgan fingerprint density at radius 3 is 2.37 bits per heavy atom. The van der Waals surface area contributed by atoms with E-state index in [-0.39, 0.29) is 29.5 Å². The number of ether oxygens (including phenoxy) is 1. The molecule has 0 bridgehead atoms. The lowest BCUT2D eigenvalue weighted by atomic mass is 10.1. The van der Waals surface area contributed by atoms with Crippen LogP contribution in [0.15, 0.2) is 30.6 Å². The topological polar surface area (TPSA) is 110 Å². The smallest absolute Gasteiger partial charge is 0.353 e. The molecule has 0 unspecified atom stereocenters. The lowest BCUT2D eigenvalue weighted by Gasteiger charge is -2.27. The van der Waals surface area contributed by atoms with Gasteiger partial charge in [-0.3, -0.25) is 10.1 Å². The first kappa shape index (κ1) is 23.1. The number of carbonyl (C=O) groups excluding carboxylic acids is 1. The molecule has 0 amide bonds.